The van der Waals surface area contributed by atoms with E-state index in [2.05, 4.69) is 15.3 Å². The molecule has 0 aliphatic rings. The minimum absolute atomic E-state index is 0.113. The van der Waals surface area contributed by atoms with Gasteiger partial charge in [0.2, 0.25) is 5.95 Å². The summed E-state index contributed by atoms with van der Waals surface area (Å²) in [6.07, 6.45) is -4.59. The third-order valence-corrected chi connectivity index (χ3v) is 4.00. The SMILES string of the molecule is COc1cccc(-c2cc(C(F)(F)F)nc(NCc3ccc(Cl)cc3)n2)c1. The average Bonchev–Trinajstić information content (AvgIpc) is 2.66. The number of aromatic nitrogens is 2. The van der Waals surface area contributed by atoms with E-state index in [0.29, 0.717) is 16.3 Å². The third-order valence-electron chi connectivity index (χ3n) is 3.75. The van der Waals surface area contributed by atoms with Crippen LogP contribution in [-0.4, -0.2) is 17.1 Å². The summed E-state index contributed by atoms with van der Waals surface area (Å²) in [5, 5.41) is 3.41. The van der Waals surface area contributed by atoms with Gasteiger partial charge in [-0.1, -0.05) is 35.9 Å². The number of rotatable bonds is 5. The summed E-state index contributed by atoms with van der Waals surface area (Å²) < 4.78 is 44.9. The second kappa shape index (κ2) is 7.84. The van der Waals surface area contributed by atoms with Gasteiger partial charge in [-0.2, -0.15) is 13.2 Å². The summed E-state index contributed by atoms with van der Waals surface area (Å²) in [7, 11) is 1.49. The van der Waals surface area contributed by atoms with Crippen LogP contribution in [-0.2, 0) is 12.7 Å². The largest absolute Gasteiger partial charge is 0.497 e. The number of benzene rings is 2. The molecule has 1 N–H and O–H groups in total. The Morgan fingerprint density at radius 1 is 1.04 bits per heavy atom. The Hall–Kier alpha value is -2.80. The van der Waals surface area contributed by atoms with Crippen LogP contribution >= 0.6 is 11.6 Å². The van der Waals surface area contributed by atoms with Gasteiger partial charge in [0, 0.05) is 17.1 Å². The first-order valence-electron chi connectivity index (χ1n) is 7.94. The van der Waals surface area contributed by atoms with Crippen molar-refractivity contribution in [1.29, 1.82) is 0 Å². The number of hydrogen-bond acceptors (Lipinski definition) is 4. The van der Waals surface area contributed by atoms with Crippen molar-refractivity contribution in [2.75, 3.05) is 12.4 Å². The second-order valence-electron chi connectivity index (χ2n) is 5.67. The molecule has 0 fully saturated rings. The van der Waals surface area contributed by atoms with E-state index >= 15 is 0 Å². The Morgan fingerprint density at radius 2 is 1.78 bits per heavy atom. The maximum absolute atomic E-state index is 13.3. The monoisotopic (exact) mass is 393 g/mol. The van der Waals surface area contributed by atoms with E-state index < -0.39 is 11.9 Å². The number of anilines is 1. The van der Waals surface area contributed by atoms with Crippen LogP contribution in [0.4, 0.5) is 19.1 Å². The fourth-order valence-corrected chi connectivity index (χ4v) is 2.51. The van der Waals surface area contributed by atoms with Gasteiger partial charge in [0.15, 0.2) is 5.69 Å². The number of ether oxygens (including phenoxy) is 1. The molecule has 4 nitrogen and oxygen atoms in total. The first-order chi connectivity index (χ1) is 12.8. The Balaban J connectivity index is 1.94. The molecule has 0 radical (unpaired) electrons. The van der Waals surface area contributed by atoms with E-state index in [-0.39, 0.29) is 18.2 Å². The normalized spacial score (nSPS) is 11.3. The molecular formula is C19H15ClF3N3O. The molecule has 0 bridgehead atoms. The zero-order chi connectivity index (χ0) is 19.4. The van der Waals surface area contributed by atoms with E-state index in [9.17, 15) is 13.2 Å². The molecule has 0 saturated carbocycles. The first-order valence-corrected chi connectivity index (χ1v) is 8.32. The summed E-state index contributed by atoms with van der Waals surface area (Å²) in [6.45, 7) is 0.260. The van der Waals surface area contributed by atoms with E-state index in [4.69, 9.17) is 16.3 Å². The highest BCUT2D eigenvalue weighted by Gasteiger charge is 2.33. The molecule has 0 amide bonds. The summed E-state index contributed by atoms with van der Waals surface area (Å²) in [5.41, 5.74) is 0.462. The summed E-state index contributed by atoms with van der Waals surface area (Å²) >= 11 is 5.83. The second-order valence-corrected chi connectivity index (χ2v) is 6.11. The molecule has 1 heterocycles. The summed E-state index contributed by atoms with van der Waals surface area (Å²) in [5.74, 6) is 0.410. The molecule has 140 valence electrons. The van der Waals surface area contributed by atoms with Crippen molar-refractivity contribution in [3.8, 4) is 17.0 Å². The molecule has 0 atom stereocenters. The van der Waals surface area contributed by atoms with Crippen LogP contribution in [0, 0.1) is 0 Å². The highest BCUT2D eigenvalue weighted by atomic mass is 35.5. The highest BCUT2D eigenvalue weighted by molar-refractivity contribution is 6.30. The number of nitrogens with one attached hydrogen (secondary N) is 1. The molecule has 0 aliphatic carbocycles. The van der Waals surface area contributed by atoms with Crippen LogP contribution in [0.2, 0.25) is 5.02 Å². The zero-order valence-corrected chi connectivity index (χ0v) is 15.0. The molecule has 0 aliphatic heterocycles. The number of halogens is 4. The minimum Gasteiger partial charge on any atom is -0.497 e. The van der Waals surface area contributed by atoms with Gasteiger partial charge in [-0.3, -0.25) is 0 Å². The van der Waals surface area contributed by atoms with Gasteiger partial charge >= 0.3 is 6.18 Å². The Morgan fingerprint density at radius 3 is 2.44 bits per heavy atom. The highest BCUT2D eigenvalue weighted by Crippen LogP contribution is 2.32. The van der Waals surface area contributed by atoms with Gasteiger partial charge in [-0.05, 0) is 35.9 Å². The van der Waals surface area contributed by atoms with Crippen molar-refractivity contribution in [1.82, 2.24) is 9.97 Å². The molecule has 2 aromatic carbocycles. The minimum atomic E-state index is -4.59. The zero-order valence-electron chi connectivity index (χ0n) is 14.2. The molecular weight excluding hydrogens is 379 g/mol. The predicted molar refractivity (Wildman–Crippen MR) is 97.8 cm³/mol. The molecule has 3 rings (SSSR count). The van der Waals surface area contributed by atoms with Crippen LogP contribution < -0.4 is 10.1 Å². The lowest BCUT2D eigenvalue weighted by molar-refractivity contribution is -0.141. The third kappa shape index (κ3) is 4.89. The van der Waals surface area contributed by atoms with Crippen molar-refractivity contribution in [3.63, 3.8) is 0 Å². The number of nitrogens with zero attached hydrogens (tertiary/aromatic N) is 2. The van der Waals surface area contributed by atoms with E-state index in [1.165, 1.54) is 7.11 Å². The van der Waals surface area contributed by atoms with Crippen molar-refractivity contribution in [3.05, 3.63) is 70.9 Å². The molecule has 1 aromatic heterocycles. The standard InChI is InChI=1S/C19H15ClF3N3O/c1-27-15-4-2-3-13(9-15)16-10-17(19(21,22)23)26-18(25-16)24-11-12-5-7-14(20)8-6-12/h2-10H,11H2,1H3,(H,24,25,26). The number of hydrogen-bond donors (Lipinski definition) is 1. The Labute approximate surface area is 159 Å². The van der Waals surface area contributed by atoms with Gasteiger partial charge < -0.3 is 10.1 Å². The predicted octanol–water partition coefficient (Wildman–Crippen LogP) is 5.44. The van der Waals surface area contributed by atoms with Crippen LogP contribution in [0.3, 0.4) is 0 Å². The molecule has 0 saturated heterocycles. The van der Waals surface area contributed by atoms with Crippen LogP contribution in [0.5, 0.6) is 5.75 Å². The fourth-order valence-electron chi connectivity index (χ4n) is 2.39. The van der Waals surface area contributed by atoms with E-state index in [0.717, 1.165) is 11.6 Å². The molecule has 0 spiro atoms. The quantitative estimate of drug-likeness (QED) is 0.627. The van der Waals surface area contributed by atoms with Crippen LogP contribution in [0.15, 0.2) is 54.6 Å². The Bertz CT molecular complexity index is 930. The van der Waals surface area contributed by atoms with Crippen molar-refractivity contribution in [2.45, 2.75) is 12.7 Å². The number of alkyl halides is 3. The topological polar surface area (TPSA) is 47.0 Å². The number of methoxy groups -OCH3 is 1. The van der Waals surface area contributed by atoms with Crippen molar-refractivity contribution < 1.29 is 17.9 Å². The lowest BCUT2D eigenvalue weighted by Crippen LogP contribution is -2.12. The fraction of sp³-hybridized carbons (Fsp3) is 0.158. The molecule has 27 heavy (non-hydrogen) atoms. The van der Waals surface area contributed by atoms with Crippen molar-refractivity contribution >= 4 is 17.5 Å². The van der Waals surface area contributed by atoms with Crippen LogP contribution in [0.1, 0.15) is 11.3 Å². The molecule has 8 heteroatoms. The first kappa shape index (κ1) is 19.0. The smallest absolute Gasteiger partial charge is 0.433 e. The molecule has 0 unspecified atom stereocenters. The van der Waals surface area contributed by atoms with Gasteiger partial charge in [0.05, 0.1) is 12.8 Å². The lowest BCUT2D eigenvalue weighted by atomic mass is 10.1. The average molecular weight is 394 g/mol. The van der Waals surface area contributed by atoms with E-state index in [1.54, 1.807) is 48.5 Å². The molecule has 3 aromatic rings. The maximum Gasteiger partial charge on any atom is 0.433 e. The van der Waals surface area contributed by atoms with Gasteiger partial charge in [0.1, 0.15) is 5.75 Å². The summed E-state index contributed by atoms with van der Waals surface area (Å²) in [6, 6.07) is 14.5. The van der Waals surface area contributed by atoms with Gasteiger partial charge in [0.25, 0.3) is 0 Å². The van der Waals surface area contributed by atoms with Crippen LogP contribution in [0.25, 0.3) is 11.3 Å². The lowest BCUT2D eigenvalue weighted by Gasteiger charge is -2.12. The van der Waals surface area contributed by atoms with Gasteiger partial charge in [-0.25, -0.2) is 9.97 Å². The van der Waals surface area contributed by atoms with E-state index in [1.807, 2.05) is 0 Å². The summed E-state index contributed by atoms with van der Waals surface area (Å²) in [4.78, 5) is 7.82. The maximum atomic E-state index is 13.3. The Kier molecular flexibility index (Phi) is 5.51. The van der Waals surface area contributed by atoms with Crippen molar-refractivity contribution in [2.24, 2.45) is 0 Å². The van der Waals surface area contributed by atoms with Gasteiger partial charge in [-0.15, -0.1) is 0 Å².